The second-order valence-corrected chi connectivity index (χ2v) is 4.36. The van der Waals surface area contributed by atoms with E-state index in [1.807, 2.05) is 19.9 Å². The number of aromatic nitrogens is 3. The van der Waals surface area contributed by atoms with Crippen molar-refractivity contribution in [3.8, 4) is 5.69 Å². The summed E-state index contributed by atoms with van der Waals surface area (Å²) in [6.07, 6.45) is 3.52. The molecule has 0 N–H and O–H groups in total. The molecule has 0 aromatic carbocycles. The van der Waals surface area contributed by atoms with Gasteiger partial charge in [0.15, 0.2) is 0 Å². The summed E-state index contributed by atoms with van der Waals surface area (Å²) in [7, 11) is 0. The van der Waals surface area contributed by atoms with Crippen LogP contribution in [-0.2, 0) is 5.92 Å². The zero-order chi connectivity index (χ0) is 14.0. The maximum Gasteiger partial charge on any atom is 0.308 e. The summed E-state index contributed by atoms with van der Waals surface area (Å²) in [4.78, 5) is 3.75. The number of nitrogens with zero attached hydrogens (tertiary/aromatic N) is 3. The summed E-state index contributed by atoms with van der Waals surface area (Å²) >= 11 is 0. The van der Waals surface area contributed by atoms with Gasteiger partial charge in [0, 0.05) is 11.9 Å². The Kier molecular flexibility index (Phi) is 3.46. The summed E-state index contributed by atoms with van der Waals surface area (Å²) in [6.45, 7) is 5.29. The van der Waals surface area contributed by atoms with E-state index in [9.17, 15) is 8.78 Å². The fourth-order valence-electron chi connectivity index (χ4n) is 1.92. The van der Waals surface area contributed by atoms with Gasteiger partial charge in [-0.25, -0.2) is 4.68 Å². The van der Waals surface area contributed by atoms with E-state index in [-0.39, 0.29) is 5.69 Å². The van der Waals surface area contributed by atoms with Crippen LogP contribution in [0.5, 0.6) is 0 Å². The fourth-order valence-corrected chi connectivity index (χ4v) is 1.92. The largest absolute Gasteiger partial charge is 0.308 e. The summed E-state index contributed by atoms with van der Waals surface area (Å²) in [6, 6.07) is 4.91. The van der Waals surface area contributed by atoms with Crippen molar-refractivity contribution < 1.29 is 8.78 Å². The lowest BCUT2D eigenvalue weighted by Gasteiger charge is -2.12. The molecule has 0 amide bonds. The van der Waals surface area contributed by atoms with Crippen LogP contribution in [-0.4, -0.2) is 14.8 Å². The van der Waals surface area contributed by atoms with Crippen LogP contribution in [0.1, 0.15) is 24.0 Å². The molecule has 19 heavy (non-hydrogen) atoms. The van der Waals surface area contributed by atoms with Crippen molar-refractivity contribution in [1.82, 2.24) is 14.8 Å². The van der Waals surface area contributed by atoms with E-state index in [0.29, 0.717) is 5.69 Å². The molecule has 0 aliphatic rings. The van der Waals surface area contributed by atoms with Gasteiger partial charge in [0.05, 0.1) is 11.4 Å². The van der Waals surface area contributed by atoms with Crippen LogP contribution in [0.15, 0.2) is 36.5 Å². The van der Waals surface area contributed by atoms with Gasteiger partial charge < -0.3 is 0 Å². The molecule has 0 atom stereocenters. The third kappa shape index (κ3) is 2.70. The zero-order valence-corrected chi connectivity index (χ0v) is 11.1. The average Bonchev–Trinajstić information content (AvgIpc) is 2.69. The predicted octanol–water partition coefficient (Wildman–Crippen LogP) is 3.55. The molecule has 0 aliphatic heterocycles. The Morgan fingerprint density at radius 2 is 2.00 bits per heavy atom. The molecule has 2 heterocycles. The Morgan fingerprint density at radius 3 is 2.58 bits per heavy atom. The van der Waals surface area contributed by atoms with Crippen molar-refractivity contribution in [3.05, 3.63) is 53.6 Å². The van der Waals surface area contributed by atoms with Crippen molar-refractivity contribution in [2.45, 2.75) is 26.7 Å². The number of alkyl halides is 2. The number of hydrogen-bond donors (Lipinski definition) is 0. The van der Waals surface area contributed by atoms with Gasteiger partial charge in [0.1, 0.15) is 5.69 Å². The quantitative estimate of drug-likeness (QED) is 0.793. The van der Waals surface area contributed by atoms with Gasteiger partial charge in [0.25, 0.3) is 0 Å². The first-order valence-electron chi connectivity index (χ1n) is 5.96. The van der Waals surface area contributed by atoms with Crippen molar-refractivity contribution in [2.75, 3.05) is 0 Å². The average molecular weight is 263 g/mol. The molecule has 0 saturated carbocycles. The predicted molar refractivity (Wildman–Crippen MR) is 69.5 cm³/mol. The highest BCUT2D eigenvalue weighted by Gasteiger charge is 2.29. The van der Waals surface area contributed by atoms with Gasteiger partial charge in [-0.05, 0) is 45.0 Å². The van der Waals surface area contributed by atoms with Crippen molar-refractivity contribution in [1.29, 1.82) is 0 Å². The Bertz CT molecular complexity index is 615. The number of halogens is 2. The van der Waals surface area contributed by atoms with E-state index in [2.05, 4.69) is 10.1 Å². The standard InChI is InChI=1S/C14H15F2N3/c1-4-6-14(15,16)13-9-12(5-7-17-13)19-11(3)8-10(2)18-19/h4-9H,1-3H3/b6-4+. The Hall–Kier alpha value is -2.04. The number of aryl methyl sites for hydroxylation is 2. The van der Waals surface area contributed by atoms with E-state index < -0.39 is 5.92 Å². The van der Waals surface area contributed by atoms with E-state index in [1.165, 1.54) is 18.3 Å². The van der Waals surface area contributed by atoms with E-state index in [4.69, 9.17) is 0 Å². The number of hydrogen-bond acceptors (Lipinski definition) is 2. The molecule has 2 aromatic heterocycles. The maximum atomic E-state index is 13.8. The molecule has 0 spiro atoms. The smallest absolute Gasteiger partial charge is 0.254 e. The Labute approximate surface area is 110 Å². The molecule has 2 aromatic rings. The van der Waals surface area contributed by atoms with Crippen molar-refractivity contribution in [3.63, 3.8) is 0 Å². The third-order valence-electron chi connectivity index (χ3n) is 2.72. The molecule has 3 nitrogen and oxygen atoms in total. The minimum atomic E-state index is -3.07. The second-order valence-electron chi connectivity index (χ2n) is 4.36. The van der Waals surface area contributed by atoms with Gasteiger partial charge in [-0.1, -0.05) is 6.08 Å². The highest BCUT2D eigenvalue weighted by atomic mass is 19.3. The lowest BCUT2D eigenvalue weighted by atomic mass is 10.2. The van der Waals surface area contributed by atoms with Crippen LogP contribution in [0, 0.1) is 13.8 Å². The molecule has 2 rings (SSSR count). The van der Waals surface area contributed by atoms with Crippen LogP contribution in [0.2, 0.25) is 0 Å². The first-order valence-corrected chi connectivity index (χ1v) is 5.96. The van der Waals surface area contributed by atoms with Crippen molar-refractivity contribution in [2.24, 2.45) is 0 Å². The molecular formula is C14H15F2N3. The monoisotopic (exact) mass is 263 g/mol. The number of pyridine rings is 1. The molecule has 0 fully saturated rings. The van der Waals surface area contributed by atoms with Crippen LogP contribution >= 0.6 is 0 Å². The Morgan fingerprint density at radius 1 is 1.26 bits per heavy atom. The first-order chi connectivity index (χ1) is 8.94. The number of rotatable bonds is 3. The lowest BCUT2D eigenvalue weighted by Crippen LogP contribution is -2.13. The SMILES string of the molecule is C/C=C/C(F)(F)c1cc(-n2nc(C)cc2C)ccn1. The molecule has 0 radical (unpaired) electrons. The second kappa shape index (κ2) is 4.91. The van der Waals surface area contributed by atoms with Gasteiger partial charge in [0.2, 0.25) is 0 Å². The molecule has 100 valence electrons. The maximum absolute atomic E-state index is 13.8. The normalized spacial score (nSPS) is 12.3. The molecule has 0 aliphatic carbocycles. The third-order valence-corrected chi connectivity index (χ3v) is 2.72. The lowest BCUT2D eigenvalue weighted by molar-refractivity contribution is 0.0470. The van der Waals surface area contributed by atoms with E-state index >= 15 is 0 Å². The molecule has 0 saturated heterocycles. The van der Waals surface area contributed by atoms with Gasteiger partial charge in [-0.15, -0.1) is 0 Å². The van der Waals surface area contributed by atoms with Gasteiger partial charge in [-0.3, -0.25) is 4.98 Å². The summed E-state index contributed by atoms with van der Waals surface area (Å²) in [5, 5.41) is 4.28. The van der Waals surface area contributed by atoms with E-state index in [1.54, 1.807) is 17.7 Å². The Balaban J connectivity index is 2.48. The molecule has 0 bridgehead atoms. The highest BCUT2D eigenvalue weighted by Crippen LogP contribution is 2.29. The minimum Gasteiger partial charge on any atom is -0.254 e. The van der Waals surface area contributed by atoms with Gasteiger partial charge >= 0.3 is 5.92 Å². The highest BCUT2D eigenvalue weighted by molar-refractivity contribution is 5.36. The fraction of sp³-hybridized carbons (Fsp3) is 0.286. The summed E-state index contributed by atoms with van der Waals surface area (Å²) < 4.78 is 29.2. The first kappa shape index (κ1) is 13.4. The van der Waals surface area contributed by atoms with Crippen LogP contribution in [0.4, 0.5) is 8.78 Å². The molecule has 5 heteroatoms. The zero-order valence-electron chi connectivity index (χ0n) is 11.1. The molecular weight excluding hydrogens is 248 g/mol. The van der Waals surface area contributed by atoms with Crippen LogP contribution < -0.4 is 0 Å². The molecule has 0 unspecified atom stereocenters. The van der Waals surface area contributed by atoms with Crippen LogP contribution in [0.25, 0.3) is 5.69 Å². The van der Waals surface area contributed by atoms with Crippen molar-refractivity contribution >= 4 is 0 Å². The summed E-state index contributed by atoms with van der Waals surface area (Å²) in [5.74, 6) is -3.07. The summed E-state index contributed by atoms with van der Waals surface area (Å²) in [5.41, 5.74) is 2.04. The topological polar surface area (TPSA) is 30.7 Å². The van der Waals surface area contributed by atoms with Crippen LogP contribution in [0.3, 0.4) is 0 Å². The van der Waals surface area contributed by atoms with E-state index in [0.717, 1.165) is 17.5 Å². The minimum absolute atomic E-state index is 0.282. The van der Waals surface area contributed by atoms with Gasteiger partial charge in [-0.2, -0.15) is 13.9 Å². The number of allylic oxidation sites excluding steroid dienone is 2.